The van der Waals surface area contributed by atoms with Crippen LogP contribution in [-0.2, 0) is 16.0 Å². The number of ether oxygens (including phenoxy) is 1. The third-order valence-corrected chi connectivity index (χ3v) is 4.43. The molecule has 3 nitrogen and oxygen atoms in total. The van der Waals surface area contributed by atoms with E-state index in [0.717, 1.165) is 14.7 Å². The van der Waals surface area contributed by atoms with Gasteiger partial charge in [-0.2, -0.15) is 0 Å². The van der Waals surface area contributed by atoms with Gasteiger partial charge in [0.05, 0.1) is 0 Å². The quantitative estimate of drug-likeness (QED) is 0.581. The van der Waals surface area contributed by atoms with Gasteiger partial charge in [0.1, 0.15) is 12.2 Å². The Labute approximate surface area is 144 Å². The van der Waals surface area contributed by atoms with E-state index in [1.165, 1.54) is 0 Å². The van der Waals surface area contributed by atoms with Gasteiger partial charge in [-0.05, 0) is 53.1 Å². The SMILES string of the molecule is C[C@H](OC(=O)CCc1ccccc1)[C@@H](O)c1ccccc1I. The van der Waals surface area contributed by atoms with Crippen molar-refractivity contribution in [3.63, 3.8) is 0 Å². The van der Waals surface area contributed by atoms with Crippen molar-refractivity contribution in [3.8, 4) is 0 Å². The molecule has 0 fully saturated rings. The zero-order valence-electron chi connectivity index (χ0n) is 12.4. The predicted molar refractivity (Wildman–Crippen MR) is 94.4 cm³/mol. The number of esters is 1. The van der Waals surface area contributed by atoms with E-state index in [-0.39, 0.29) is 5.97 Å². The minimum absolute atomic E-state index is 0.290. The first kappa shape index (κ1) is 17.0. The molecule has 0 spiro atoms. The Bertz CT molecular complexity index is 613. The Balaban J connectivity index is 1.87. The van der Waals surface area contributed by atoms with Crippen LogP contribution in [0.3, 0.4) is 0 Å². The minimum atomic E-state index is -0.811. The molecule has 0 saturated heterocycles. The Morgan fingerprint density at radius 1 is 1.14 bits per heavy atom. The zero-order chi connectivity index (χ0) is 15.9. The summed E-state index contributed by atoms with van der Waals surface area (Å²) >= 11 is 2.17. The van der Waals surface area contributed by atoms with E-state index >= 15 is 0 Å². The second kappa shape index (κ2) is 8.29. The highest BCUT2D eigenvalue weighted by Crippen LogP contribution is 2.24. The van der Waals surface area contributed by atoms with Crippen molar-refractivity contribution in [2.45, 2.75) is 32.0 Å². The lowest BCUT2D eigenvalue weighted by Crippen LogP contribution is -2.23. The third kappa shape index (κ3) is 4.81. The second-order valence-corrected chi connectivity index (χ2v) is 6.31. The number of aliphatic hydroxyl groups excluding tert-OH is 1. The molecule has 0 saturated carbocycles. The average molecular weight is 410 g/mol. The number of hydrogen-bond acceptors (Lipinski definition) is 3. The summed E-state index contributed by atoms with van der Waals surface area (Å²) in [5, 5.41) is 10.3. The van der Waals surface area contributed by atoms with E-state index in [9.17, 15) is 9.90 Å². The normalized spacial score (nSPS) is 13.4. The maximum Gasteiger partial charge on any atom is 0.306 e. The Kier molecular flexibility index (Phi) is 6.39. The van der Waals surface area contributed by atoms with E-state index in [4.69, 9.17) is 4.74 Å². The van der Waals surface area contributed by atoms with Gasteiger partial charge in [-0.25, -0.2) is 0 Å². The number of halogens is 1. The molecule has 0 aliphatic rings. The molecule has 0 unspecified atom stereocenters. The number of carbonyl (C=O) groups is 1. The molecule has 0 radical (unpaired) electrons. The lowest BCUT2D eigenvalue weighted by molar-refractivity contribution is -0.153. The molecule has 0 amide bonds. The molecule has 0 aromatic heterocycles. The molecule has 0 aliphatic carbocycles. The number of rotatable bonds is 6. The van der Waals surface area contributed by atoms with Crippen LogP contribution in [-0.4, -0.2) is 17.2 Å². The van der Waals surface area contributed by atoms with E-state index in [2.05, 4.69) is 22.6 Å². The summed E-state index contributed by atoms with van der Waals surface area (Å²) in [7, 11) is 0. The summed E-state index contributed by atoms with van der Waals surface area (Å²) in [6, 6.07) is 17.4. The zero-order valence-corrected chi connectivity index (χ0v) is 14.6. The van der Waals surface area contributed by atoms with Gasteiger partial charge < -0.3 is 9.84 Å². The van der Waals surface area contributed by atoms with Crippen LogP contribution in [0, 0.1) is 3.57 Å². The van der Waals surface area contributed by atoms with Crippen LogP contribution in [0.2, 0.25) is 0 Å². The fraction of sp³-hybridized carbons (Fsp3) is 0.278. The topological polar surface area (TPSA) is 46.5 Å². The highest BCUT2D eigenvalue weighted by atomic mass is 127. The summed E-state index contributed by atoms with van der Waals surface area (Å²) in [6.07, 6.45) is -0.425. The lowest BCUT2D eigenvalue weighted by atomic mass is 10.1. The van der Waals surface area contributed by atoms with Crippen molar-refractivity contribution in [3.05, 3.63) is 69.3 Å². The van der Waals surface area contributed by atoms with Gasteiger partial charge in [-0.3, -0.25) is 4.79 Å². The summed E-state index contributed by atoms with van der Waals surface area (Å²) < 4.78 is 6.31. The molecule has 0 heterocycles. The molecule has 0 aliphatic heterocycles. The highest BCUT2D eigenvalue weighted by molar-refractivity contribution is 14.1. The fourth-order valence-electron chi connectivity index (χ4n) is 2.19. The van der Waals surface area contributed by atoms with Gasteiger partial charge in [-0.1, -0.05) is 48.5 Å². The van der Waals surface area contributed by atoms with E-state index in [1.54, 1.807) is 6.92 Å². The van der Waals surface area contributed by atoms with E-state index in [0.29, 0.717) is 12.8 Å². The summed E-state index contributed by atoms with van der Waals surface area (Å²) in [5.41, 5.74) is 1.89. The van der Waals surface area contributed by atoms with Crippen LogP contribution in [0.5, 0.6) is 0 Å². The number of aliphatic hydroxyl groups is 1. The first-order valence-corrected chi connectivity index (χ1v) is 8.31. The van der Waals surface area contributed by atoms with Crippen LogP contribution in [0.25, 0.3) is 0 Å². The third-order valence-electron chi connectivity index (χ3n) is 3.45. The molecule has 1 N–H and O–H groups in total. The van der Waals surface area contributed by atoms with Crippen LogP contribution in [0.1, 0.15) is 30.6 Å². The lowest BCUT2D eigenvalue weighted by Gasteiger charge is -2.20. The molecule has 0 bridgehead atoms. The van der Waals surface area contributed by atoms with Gasteiger partial charge in [0.15, 0.2) is 0 Å². The standard InChI is InChI=1S/C18H19IO3/c1-13(18(21)15-9-5-6-10-16(15)19)22-17(20)12-11-14-7-3-2-4-8-14/h2-10,13,18,21H,11-12H2,1H3/t13-,18+/m0/s1. The van der Waals surface area contributed by atoms with Gasteiger partial charge in [0.25, 0.3) is 0 Å². The highest BCUT2D eigenvalue weighted by Gasteiger charge is 2.21. The summed E-state index contributed by atoms with van der Waals surface area (Å²) in [6.45, 7) is 1.72. The second-order valence-electron chi connectivity index (χ2n) is 5.15. The Morgan fingerprint density at radius 2 is 1.77 bits per heavy atom. The van der Waals surface area contributed by atoms with Crippen molar-refractivity contribution in [1.29, 1.82) is 0 Å². The largest absolute Gasteiger partial charge is 0.460 e. The monoisotopic (exact) mass is 410 g/mol. The van der Waals surface area contributed by atoms with Crippen molar-refractivity contribution in [2.75, 3.05) is 0 Å². The van der Waals surface area contributed by atoms with Gasteiger partial charge in [-0.15, -0.1) is 0 Å². The molecule has 2 aromatic carbocycles. The molecule has 4 heteroatoms. The Morgan fingerprint density at radius 3 is 2.45 bits per heavy atom. The molecule has 116 valence electrons. The van der Waals surface area contributed by atoms with Crippen molar-refractivity contribution < 1.29 is 14.6 Å². The first-order valence-electron chi connectivity index (χ1n) is 7.24. The number of benzene rings is 2. The smallest absolute Gasteiger partial charge is 0.306 e. The van der Waals surface area contributed by atoms with Crippen LogP contribution in [0.4, 0.5) is 0 Å². The number of hydrogen-bond donors (Lipinski definition) is 1. The van der Waals surface area contributed by atoms with Gasteiger partial charge >= 0.3 is 5.97 Å². The van der Waals surface area contributed by atoms with E-state index in [1.807, 2.05) is 54.6 Å². The van der Waals surface area contributed by atoms with Crippen molar-refractivity contribution in [2.24, 2.45) is 0 Å². The molecule has 2 aromatic rings. The van der Waals surface area contributed by atoms with Gasteiger partial charge in [0, 0.05) is 9.99 Å². The van der Waals surface area contributed by atoms with Crippen LogP contribution < -0.4 is 0 Å². The first-order chi connectivity index (χ1) is 10.6. The summed E-state index contributed by atoms with van der Waals surface area (Å²) in [5.74, 6) is -0.290. The molecular formula is C18H19IO3. The summed E-state index contributed by atoms with van der Waals surface area (Å²) in [4.78, 5) is 11.9. The predicted octanol–water partition coefficient (Wildman–Crippen LogP) is 3.89. The number of aryl methyl sites for hydroxylation is 1. The van der Waals surface area contributed by atoms with Crippen molar-refractivity contribution >= 4 is 28.6 Å². The molecule has 2 rings (SSSR count). The minimum Gasteiger partial charge on any atom is -0.460 e. The fourth-order valence-corrected chi connectivity index (χ4v) is 2.90. The van der Waals surface area contributed by atoms with Crippen LogP contribution in [0.15, 0.2) is 54.6 Å². The Hall–Kier alpha value is -1.40. The van der Waals surface area contributed by atoms with Crippen molar-refractivity contribution in [1.82, 2.24) is 0 Å². The molecular weight excluding hydrogens is 391 g/mol. The van der Waals surface area contributed by atoms with Gasteiger partial charge in [0.2, 0.25) is 0 Å². The average Bonchev–Trinajstić information content (AvgIpc) is 2.53. The molecule has 22 heavy (non-hydrogen) atoms. The maximum absolute atomic E-state index is 11.9. The maximum atomic E-state index is 11.9. The number of carbonyl (C=O) groups excluding carboxylic acids is 1. The molecule has 2 atom stereocenters. The van der Waals surface area contributed by atoms with E-state index < -0.39 is 12.2 Å². The van der Waals surface area contributed by atoms with Crippen LogP contribution >= 0.6 is 22.6 Å².